The molecule has 0 saturated heterocycles. The number of rotatable bonds is 2. The predicted molar refractivity (Wildman–Crippen MR) is 94.9 cm³/mol. The van der Waals surface area contributed by atoms with Crippen LogP contribution in [0.4, 0.5) is 0 Å². The monoisotopic (exact) mass is 368 g/mol. The second-order valence-corrected chi connectivity index (χ2v) is 7.71. The van der Waals surface area contributed by atoms with E-state index >= 15 is 0 Å². The van der Waals surface area contributed by atoms with Crippen molar-refractivity contribution in [2.24, 2.45) is 0 Å². The maximum absolute atomic E-state index is 10.4. The van der Waals surface area contributed by atoms with Crippen molar-refractivity contribution in [2.75, 3.05) is 0 Å². The normalized spacial score (nSPS) is 20.8. The lowest BCUT2D eigenvalue weighted by molar-refractivity contribution is 0.122. The first kappa shape index (κ1) is 18.9. The third-order valence-corrected chi connectivity index (χ3v) is 5.16. The third-order valence-electron chi connectivity index (χ3n) is 4.06. The minimum absolute atomic E-state index is 0.0741. The Morgan fingerprint density at radius 3 is 2.04 bits per heavy atom. The van der Waals surface area contributed by atoms with E-state index in [0.29, 0.717) is 5.92 Å². The van der Waals surface area contributed by atoms with E-state index in [1.165, 1.54) is 17.7 Å². The minimum atomic E-state index is -4.00. The number of halogens is 1. The van der Waals surface area contributed by atoms with Crippen molar-refractivity contribution in [3.05, 3.63) is 65.2 Å². The fraction of sp³-hybridized carbons (Fsp3) is 0.333. The highest BCUT2D eigenvalue weighted by Gasteiger charge is 2.20. The van der Waals surface area contributed by atoms with Crippen LogP contribution in [-0.4, -0.2) is 24.2 Å². The molecule has 1 aliphatic rings. The van der Waals surface area contributed by atoms with Gasteiger partial charge in [0.2, 0.25) is 0 Å². The van der Waals surface area contributed by atoms with Gasteiger partial charge in [-0.05, 0) is 61.4 Å². The van der Waals surface area contributed by atoms with Crippen LogP contribution >= 0.6 is 11.6 Å². The van der Waals surface area contributed by atoms with Crippen molar-refractivity contribution < 1.29 is 18.1 Å². The van der Waals surface area contributed by atoms with Crippen LogP contribution in [0.2, 0.25) is 5.02 Å². The maximum Gasteiger partial charge on any atom is 0.294 e. The van der Waals surface area contributed by atoms with Crippen LogP contribution in [0.3, 0.4) is 0 Å². The lowest BCUT2D eigenvalue weighted by Gasteiger charge is -2.25. The van der Waals surface area contributed by atoms with Crippen LogP contribution in [0, 0.1) is 0 Å². The first-order chi connectivity index (χ1) is 11.4. The van der Waals surface area contributed by atoms with E-state index in [2.05, 4.69) is 6.07 Å². The van der Waals surface area contributed by atoms with Crippen LogP contribution < -0.4 is 0 Å². The lowest BCUT2D eigenvalue weighted by atomic mass is 9.83. The van der Waals surface area contributed by atoms with Gasteiger partial charge < -0.3 is 5.11 Å². The summed E-state index contributed by atoms with van der Waals surface area (Å²) in [6, 6.07) is 15.5. The molecule has 0 unspecified atom stereocenters. The molecule has 0 aliphatic heterocycles. The summed E-state index contributed by atoms with van der Waals surface area (Å²) in [5.41, 5.74) is 1.32. The largest absolute Gasteiger partial charge is 0.393 e. The van der Waals surface area contributed by atoms with Crippen LogP contribution in [0.15, 0.2) is 59.5 Å². The molecule has 6 heteroatoms. The van der Waals surface area contributed by atoms with E-state index in [1.807, 2.05) is 18.2 Å². The molecule has 0 aromatic heterocycles. The van der Waals surface area contributed by atoms with Gasteiger partial charge in [-0.25, -0.2) is 0 Å². The summed E-state index contributed by atoms with van der Waals surface area (Å²) in [6.07, 6.45) is 3.95. The van der Waals surface area contributed by atoms with Gasteiger partial charge in [0.1, 0.15) is 0 Å². The summed E-state index contributed by atoms with van der Waals surface area (Å²) < 4.78 is 29.2. The molecule has 24 heavy (non-hydrogen) atoms. The molecule has 3 rings (SSSR count). The molecule has 1 aliphatic carbocycles. The Labute approximate surface area is 147 Å². The van der Waals surface area contributed by atoms with Gasteiger partial charge in [0.25, 0.3) is 10.1 Å². The Kier molecular flexibility index (Phi) is 6.80. The second-order valence-electron chi connectivity index (χ2n) is 5.85. The smallest absolute Gasteiger partial charge is 0.294 e. The Hall–Kier alpha value is -1.40. The molecule has 2 N–H and O–H groups in total. The third kappa shape index (κ3) is 5.91. The molecule has 0 atom stereocenters. The molecule has 130 valence electrons. The number of aliphatic hydroxyl groups excluding tert-OH is 1. The van der Waals surface area contributed by atoms with E-state index in [0.717, 1.165) is 30.7 Å². The summed E-state index contributed by atoms with van der Waals surface area (Å²) in [5, 5.41) is 10.2. The first-order valence-electron chi connectivity index (χ1n) is 7.82. The van der Waals surface area contributed by atoms with Crippen LogP contribution in [0.25, 0.3) is 0 Å². The predicted octanol–water partition coefficient (Wildman–Crippen LogP) is 4.29. The Morgan fingerprint density at radius 1 is 0.917 bits per heavy atom. The molecule has 0 spiro atoms. The van der Waals surface area contributed by atoms with E-state index in [4.69, 9.17) is 16.2 Å². The molecular formula is C18H21ClO4S. The lowest BCUT2D eigenvalue weighted by Crippen LogP contribution is -2.16. The fourth-order valence-corrected chi connectivity index (χ4v) is 3.46. The Morgan fingerprint density at radius 2 is 1.54 bits per heavy atom. The first-order valence-corrected chi connectivity index (χ1v) is 9.64. The van der Waals surface area contributed by atoms with Gasteiger partial charge in [-0.2, -0.15) is 8.42 Å². The van der Waals surface area contributed by atoms with E-state index < -0.39 is 10.1 Å². The van der Waals surface area contributed by atoms with Crippen molar-refractivity contribution in [2.45, 2.75) is 42.6 Å². The summed E-state index contributed by atoms with van der Waals surface area (Å²) in [4.78, 5) is -0.0741. The second kappa shape index (κ2) is 8.62. The fourth-order valence-electron chi connectivity index (χ4n) is 2.76. The van der Waals surface area contributed by atoms with Crippen LogP contribution in [-0.2, 0) is 10.1 Å². The number of hydrogen-bond donors (Lipinski definition) is 2. The van der Waals surface area contributed by atoms with Crippen molar-refractivity contribution in [1.82, 2.24) is 0 Å². The number of hydrogen-bond acceptors (Lipinski definition) is 3. The Balaban J connectivity index is 0.000000185. The van der Waals surface area contributed by atoms with Crippen LogP contribution in [0.5, 0.6) is 0 Å². The molecule has 4 nitrogen and oxygen atoms in total. The van der Waals surface area contributed by atoms with Gasteiger partial charge in [-0.1, -0.05) is 41.9 Å². The average Bonchev–Trinajstić information content (AvgIpc) is 2.56. The van der Waals surface area contributed by atoms with Gasteiger partial charge in [0, 0.05) is 5.02 Å². The summed E-state index contributed by atoms with van der Waals surface area (Å²) in [7, 11) is -4.00. The zero-order chi connectivity index (χ0) is 17.6. The molecule has 2 aromatic carbocycles. The van der Waals surface area contributed by atoms with Crippen molar-refractivity contribution in [1.29, 1.82) is 0 Å². The highest BCUT2D eigenvalue weighted by molar-refractivity contribution is 7.85. The topological polar surface area (TPSA) is 74.6 Å². The van der Waals surface area contributed by atoms with E-state index in [9.17, 15) is 13.5 Å². The summed E-state index contributed by atoms with van der Waals surface area (Å²) in [6.45, 7) is 0. The zero-order valence-corrected chi connectivity index (χ0v) is 14.7. The van der Waals surface area contributed by atoms with Crippen molar-refractivity contribution in [3.63, 3.8) is 0 Å². The molecule has 2 aromatic rings. The van der Waals surface area contributed by atoms with Gasteiger partial charge in [-0.3, -0.25) is 4.55 Å². The van der Waals surface area contributed by atoms with Crippen molar-refractivity contribution >= 4 is 21.7 Å². The van der Waals surface area contributed by atoms with Crippen LogP contribution in [0.1, 0.15) is 37.2 Å². The zero-order valence-electron chi connectivity index (χ0n) is 13.2. The molecule has 1 fully saturated rings. The summed E-state index contributed by atoms with van der Waals surface area (Å²) >= 11 is 5.94. The molecule has 0 heterocycles. The van der Waals surface area contributed by atoms with Gasteiger partial charge in [0.05, 0.1) is 11.0 Å². The molecule has 0 bridgehead atoms. The number of benzene rings is 2. The molecule has 1 saturated carbocycles. The molecular weight excluding hydrogens is 348 g/mol. The maximum atomic E-state index is 10.4. The van der Waals surface area contributed by atoms with Gasteiger partial charge in [-0.15, -0.1) is 0 Å². The molecule has 0 amide bonds. The number of aliphatic hydroxyl groups is 1. The summed E-state index contributed by atoms with van der Waals surface area (Å²) in [5.74, 6) is 0.595. The minimum Gasteiger partial charge on any atom is -0.393 e. The highest BCUT2D eigenvalue weighted by Crippen LogP contribution is 2.33. The van der Waals surface area contributed by atoms with E-state index in [1.54, 1.807) is 18.2 Å². The Bertz CT molecular complexity index is 739. The van der Waals surface area contributed by atoms with Crippen molar-refractivity contribution in [3.8, 4) is 0 Å². The molecule has 0 radical (unpaired) electrons. The average molecular weight is 369 g/mol. The van der Waals surface area contributed by atoms with Gasteiger partial charge >= 0.3 is 0 Å². The quantitative estimate of drug-likeness (QED) is 0.775. The van der Waals surface area contributed by atoms with E-state index in [-0.39, 0.29) is 11.0 Å². The highest BCUT2D eigenvalue weighted by atomic mass is 35.5. The SMILES string of the molecule is O=S(=O)(O)c1ccccc1.OC1CCC(c2cccc(Cl)c2)CC1. The standard InChI is InChI=1S/C12H15ClO.C6H6O3S/c13-11-3-1-2-10(8-11)9-4-6-12(14)7-5-9;7-10(8,9)6-4-2-1-3-5-6/h1-3,8-9,12,14H,4-7H2;1-5H,(H,7,8,9). The van der Waals surface area contributed by atoms with Gasteiger partial charge in [0.15, 0.2) is 0 Å².